The van der Waals surface area contributed by atoms with Crippen LogP contribution in [0.2, 0.25) is 25.7 Å². The quantitative estimate of drug-likeness (QED) is 0.0422. The fraction of sp³-hybridized carbons (Fsp3) is 1.00. The summed E-state index contributed by atoms with van der Waals surface area (Å²) >= 11 is 0. The Bertz CT molecular complexity index is 935. The predicted octanol–water partition coefficient (Wildman–Crippen LogP) is 13.2. The molecule has 57 heavy (non-hydrogen) atoms. The molecule has 0 aromatic carbocycles. The largest absolute Gasteiger partial charge is 0.379 e. The van der Waals surface area contributed by atoms with Gasteiger partial charge in [-0.15, -0.1) is 0 Å². The van der Waals surface area contributed by atoms with E-state index in [2.05, 4.69) is 80.3 Å². The molecule has 1 aliphatic rings. The van der Waals surface area contributed by atoms with Crippen molar-refractivity contribution >= 4 is 8.07 Å². The van der Waals surface area contributed by atoms with Crippen LogP contribution in [0.5, 0.6) is 0 Å². The molecule has 0 spiro atoms. The molecule has 0 aliphatic heterocycles. The number of hydrogen-bond acceptors (Lipinski definition) is 6. The lowest BCUT2D eigenvalue weighted by Crippen LogP contribution is -2.46. The van der Waals surface area contributed by atoms with Crippen LogP contribution in [0.4, 0.5) is 0 Å². The van der Waals surface area contributed by atoms with Gasteiger partial charge in [-0.2, -0.15) is 0 Å². The lowest BCUT2D eigenvalue weighted by molar-refractivity contribution is -0.100. The predicted molar refractivity (Wildman–Crippen MR) is 254 cm³/mol. The minimum Gasteiger partial charge on any atom is -0.379 e. The number of hydrogen-bond donors (Lipinski definition) is 3. The molecule has 1 saturated carbocycles. The zero-order valence-corrected chi connectivity index (χ0v) is 41.6. The summed E-state index contributed by atoms with van der Waals surface area (Å²) in [5, 5.41) is 3.81. The van der Waals surface area contributed by atoms with Gasteiger partial charge in [0.1, 0.15) is 0 Å². The van der Waals surface area contributed by atoms with Gasteiger partial charge in [0.15, 0.2) is 0 Å². The molecule has 7 heteroatoms. The van der Waals surface area contributed by atoms with Gasteiger partial charge in [-0.25, -0.2) is 0 Å². The summed E-state index contributed by atoms with van der Waals surface area (Å²) in [5.74, 6) is 2.57. The first kappa shape index (κ1) is 55.0. The van der Waals surface area contributed by atoms with Gasteiger partial charge in [-0.1, -0.05) is 126 Å². The van der Waals surface area contributed by atoms with Crippen LogP contribution >= 0.6 is 0 Å². The Labute approximate surface area is 359 Å². The van der Waals surface area contributed by atoms with E-state index in [0.717, 1.165) is 71.3 Å². The Morgan fingerprint density at radius 2 is 1.30 bits per heavy atom. The highest BCUT2D eigenvalue weighted by molar-refractivity contribution is 6.76. The lowest BCUT2D eigenvalue weighted by Gasteiger charge is -2.48. The normalized spacial score (nSPS) is 22.7. The Morgan fingerprint density at radius 1 is 0.719 bits per heavy atom. The van der Waals surface area contributed by atoms with Crippen molar-refractivity contribution in [2.45, 2.75) is 241 Å². The summed E-state index contributed by atoms with van der Waals surface area (Å²) in [4.78, 5) is 0. The molecule has 5 N–H and O–H groups in total. The number of ether oxygens (including phenoxy) is 3. The zero-order valence-electron chi connectivity index (χ0n) is 40.6. The molecule has 342 valence electrons. The third-order valence-corrected chi connectivity index (χ3v) is 16.7. The van der Waals surface area contributed by atoms with Gasteiger partial charge in [-0.05, 0) is 157 Å². The van der Waals surface area contributed by atoms with Crippen molar-refractivity contribution in [3.8, 4) is 0 Å². The summed E-state index contributed by atoms with van der Waals surface area (Å²) in [6.07, 6.45) is 28.3. The van der Waals surface area contributed by atoms with Gasteiger partial charge in [0.05, 0.1) is 18.3 Å². The van der Waals surface area contributed by atoms with Crippen LogP contribution in [0, 0.1) is 34.5 Å². The third kappa shape index (κ3) is 23.1. The monoisotopic (exact) mass is 824 g/mol. The first-order valence-corrected chi connectivity index (χ1v) is 28.8. The number of nitrogens with two attached hydrogens (primary N) is 2. The smallest absolute Gasteiger partial charge is 0.0636 e. The molecule has 6 nitrogen and oxygen atoms in total. The SMILES string of the molecule is CCCCO[C@@H](C)CC[C@](C)(CC[C@H](CC)OCCCN)[C@H](C)C[C@H](OCCCN)[C@@]1(C)[C@H](C)CC[C@@H]1[C@H](C)CCCNCCCCCCCCCC[Si](C)(C)C. The van der Waals surface area contributed by atoms with E-state index in [9.17, 15) is 0 Å². The van der Waals surface area contributed by atoms with Gasteiger partial charge in [0.2, 0.25) is 0 Å². The number of unbranched alkanes of at least 4 members (excludes halogenated alkanes) is 8. The van der Waals surface area contributed by atoms with Crippen molar-refractivity contribution in [3.05, 3.63) is 0 Å². The van der Waals surface area contributed by atoms with Gasteiger partial charge in [-0.3, -0.25) is 0 Å². The van der Waals surface area contributed by atoms with Crippen molar-refractivity contribution in [2.75, 3.05) is 46.0 Å². The van der Waals surface area contributed by atoms with E-state index in [1.807, 2.05) is 0 Å². The van der Waals surface area contributed by atoms with Crippen LogP contribution in [0.3, 0.4) is 0 Å². The fourth-order valence-corrected chi connectivity index (χ4v) is 11.3. The highest BCUT2D eigenvalue weighted by atomic mass is 28.3. The van der Waals surface area contributed by atoms with E-state index in [4.69, 9.17) is 25.7 Å². The van der Waals surface area contributed by atoms with Gasteiger partial charge >= 0.3 is 0 Å². The second-order valence-electron chi connectivity index (χ2n) is 20.9. The van der Waals surface area contributed by atoms with Crippen LogP contribution in [0.1, 0.15) is 197 Å². The summed E-state index contributed by atoms with van der Waals surface area (Å²) in [6, 6.07) is 1.50. The Balaban J connectivity index is 2.87. The minimum atomic E-state index is -0.845. The Hall–Kier alpha value is -0.0231. The maximum absolute atomic E-state index is 7.07. The lowest BCUT2D eigenvalue weighted by atomic mass is 9.61. The molecular weight excluding hydrogens is 719 g/mol. The molecule has 0 saturated heterocycles. The topological polar surface area (TPSA) is 91.8 Å². The summed E-state index contributed by atoms with van der Waals surface area (Å²) < 4.78 is 19.7. The van der Waals surface area contributed by atoms with Crippen molar-refractivity contribution in [2.24, 2.45) is 46.0 Å². The van der Waals surface area contributed by atoms with Crippen LogP contribution < -0.4 is 16.8 Å². The number of rotatable bonds is 39. The van der Waals surface area contributed by atoms with E-state index in [-0.39, 0.29) is 16.9 Å². The first-order chi connectivity index (χ1) is 27.2. The third-order valence-electron chi connectivity index (χ3n) is 14.8. The molecule has 0 radical (unpaired) electrons. The first-order valence-electron chi connectivity index (χ1n) is 25.1. The molecular formula is C50H105N3O3Si. The molecule has 0 heterocycles. The van der Waals surface area contributed by atoms with Gasteiger partial charge in [0.25, 0.3) is 0 Å². The van der Waals surface area contributed by atoms with E-state index in [1.165, 1.54) is 109 Å². The van der Waals surface area contributed by atoms with E-state index >= 15 is 0 Å². The molecule has 0 aromatic rings. The van der Waals surface area contributed by atoms with Crippen LogP contribution in [0.15, 0.2) is 0 Å². The maximum Gasteiger partial charge on any atom is 0.0636 e. The van der Waals surface area contributed by atoms with Crippen molar-refractivity contribution in [1.29, 1.82) is 0 Å². The average Bonchev–Trinajstić information content (AvgIpc) is 3.48. The van der Waals surface area contributed by atoms with Crippen molar-refractivity contribution in [3.63, 3.8) is 0 Å². The van der Waals surface area contributed by atoms with E-state index in [0.29, 0.717) is 49.0 Å². The molecule has 0 aromatic heterocycles. The van der Waals surface area contributed by atoms with E-state index in [1.54, 1.807) is 0 Å². The molecule has 1 fully saturated rings. The molecule has 1 aliphatic carbocycles. The standard InChI is InChI=1S/C50H105N3O3Si/c1-12-14-37-54-45(6)29-31-49(7,32-30-46(13-2)55-38-24-33-51)44(5)41-48(56-39-25-34-52)50(8)43(4)27-28-47(50)42(3)26-23-36-53-35-21-19-17-15-16-18-20-22-40-57(9,10)11/h42-48,53H,12-41,51-52H2,1-11H3/t42-,43-,44-,45+,46+,47-,48+,49-,50+/m1/s1. The second kappa shape index (κ2) is 31.8. The van der Waals surface area contributed by atoms with Crippen molar-refractivity contribution < 1.29 is 14.2 Å². The zero-order chi connectivity index (χ0) is 42.6. The summed E-state index contributed by atoms with van der Waals surface area (Å²) in [5.41, 5.74) is 12.2. The van der Waals surface area contributed by atoms with Crippen LogP contribution in [-0.2, 0) is 14.2 Å². The van der Waals surface area contributed by atoms with Gasteiger partial charge in [0, 0.05) is 27.9 Å². The highest BCUT2D eigenvalue weighted by Crippen LogP contribution is 2.56. The highest BCUT2D eigenvalue weighted by Gasteiger charge is 2.52. The minimum absolute atomic E-state index is 0.165. The average molecular weight is 824 g/mol. The number of nitrogens with one attached hydrogen (secondary N) is 1. The molecule has 0 amide bonds. The van der Waals surface area contributed by atoms with Gasteiger partial charge < -0.3 is 31.0 Å². The molecule has 1 rings (SSSR count). The second-order valence-corrected chi connectivity index (χ2v) is 26.5. The maximum atomic E-state index is 7.07. The molecule has 0 unspecified atom stereocenters. The fourth-order valence-electron chi connectivity index (χ4n) is 10.0. The summed E-state index contributed by atoms with van der Waals surface area (Å²) in [6.45, 7) is 33.3. The molecule has 0 bridgehead atoms. The molecule has 9 atom stereocenters. The van der Waals surface area contributed by atoms with Crippen LogP contribution in [0.25, 0.3) is 0 Å². The Morgan fingerprint density at radius 3 is 1.91 bits per heavy atom. The van der Waals surface area contributed by atoms with E-state index < -0.39 is 8.07 Å². The van der Waals surface area contributed by atoms with Crippen LogP contribution in [-0.4, -0.2) is 72.4 Å². The Kier molecular flexibility index (Phi) is 30.7. The van der Waals surface area contributed by atoms with Crippen molar-refractivity contribution in [1.82, 2.24) is 5.32 Å². The summed E-state index contributed by atoms with van der Waals surface area (Å²) in [7, 11) is -0.845.